The average Bonchev–Trinajstić information content (AvgIpc) is 3.13. The van der Waals surface area contributed by atoms with Gasteiger partial charge in [0, 0.05) is 29.7 Å². The van der Waals surface area contributed by atoms with Crippen molar-refractivity contribution in [3.05, 3.63) is 36.3 Å². The molecule has 0 unspecified atom stereocenters. The number of fused-ring (bicyclic) bond motifs is 1. The lowest BCUT2D eigenvalue weighted by Gasteiger charge is -2.03. The van der Waals surface area contributed by atoms with E-state index in [2.05, 4.69) is 20.3 Å². The first-order chi connectivity index (χ1) is 11.1. The van der Waals surface area contributed by atoms with Crippen molar-refractivity contribution in [2.24, 2.45) is 5.92 Å². The lowest BCUT2D eigenvalue weighted by atomic mass is 10.1. The highest BCUT2D eigenvalue weighted by atomic mass is 32.1. The molecule has 5 nitrogen and oxygen atoms in total. The first-order valence-electron chi connectivity index (χ1n) is 7.24. The van der Waals surface area contributed by atoms with E-state index in [1.165, 1.54) is 11.3 Å². The highest BCUT2D eigenvalue weighted by Crippen LogP contribution is 2.36. The highest BCUT2D eigenvalue weighted by molar-refractivity contribution is 7.22. The third-order valence-electron chi connectivity index (χ3n) is 3.88. The number of nitrogens with one attached hydrogen (secondary N) is 1. The molecule has 7 heteroatoms. The van der Waals surface area contributed by atoms with Gasteiger partial charge >= 0.3 is 0 Å². The van der Waals surface area contributed by atoms with Gasteiger partial charge in [0.15, 0.2) is 10.8 Å². The third kappa shape index (κ3) is 2.68. The Labute approximate surface area is 135 Å². The van der Waals surface area contributed by atoms with Crippen LogP contribution in [0.4, 0.5) is 9.52 Å². The number of carbonyl (C=O) groups excluding carboxylic acids is 1. The van der Waals surface area contributed by atoms with E-state index in [0.29, 0.717) is 17.2 Å². The average molecular weight is 328 g/mol. The second-order valence-electron chi connectivity index (χ2n) is 5.60. The fourth-order valence-electron chi connectivity index (χ4n) is 2.42. The molecule has 1 N–H and O–H groups in total. The zero-order chi connectivity index (χ0) is 16.0. The Kier molecular flexibility index (Phi) is 3.30. The molecular weight excluding hydrogens is 315 g/mol. The van der Waals surface area contributed by atoms with E-state index in [1.807, 2.05) is 19.1 Å². The molecule has 2 atom stereocenters. The summed E-state index contributed by atoms with van der Waals surface area (Å²) in [4.78, 5) is 24.6. The minimum atomic E-state index is -1.01. The van der Waals surface area contributed by atoms with Crippen LogP contribution in [0.5, 0.6) is 0 Å². The van der Waals surface area contributed by atoms with Gasteiger partial charge < -0.3 is 5.32 Å². The van der Waals surface area contributed by atoms with Crippen molar-refractivity contribution in [2.45, 2.75) is 19.5 Å². The van der Waals surface area contributed by atoms with E-state index in [1.54, 1.807) is 18.6 Å². The van der Waals surface area contributed by atoms with E-state index in [0.717, 1.165) is 21.4 Å². The maximum absolute atomic E-state index is 12.9. The zero-order valence-corrected chi connectivity index (χ0v) is 13.1. The summed E-state index contributed by atoms with van der Waals surface area (Å²) in [6, 6.07) is 3.93. The number of carbonyl (C=O) groups is 1. The molecule has 1 fully saturated rings. The quantitative estimate of drug-likeness (QED) is 0.800. The minimum Gasteiger partial charge on any atom is -0.302 e. The third-order valence-corrected chi connectivity index (χ3v) is 4.78. The Morgan fingerprint density at radius 1 is 1.43 bits per heavy atom. The summed E-state index contributed by atoms with van der Waals surface area (Å²) >= 11 is 1.34. The fourth-order valence-corrected chi connectivity index (χ4v) is 3.29. The van der Waals surface area contributed by atoms with E-state index < -0.39 is 12.1 Å². The molecule has 1 aliphatic carbocycles. The molecule has 4 rings (SSSR count). The van der Waals surface area contributed by atoms with Crippen LogP contribution >= 0.6 is 11.3 Å². The van der Waals surface area contributed by atoms with E-state index >= 15 is 0 Å². The van der Waals surface area contributed by atoms with Crippen LogP contribution in [0, 0.1) is 12.8 Å². The number of hydrogen-bond acceptors (Lipinski definition) is 5. The molecule has 3 heterocycles. The predicted molar refractivity (Wildman–Crippen MR) is 87.0 cm³/mol. The minimum absolute atomic E-state index is 0.305. The molecule has 0 aromatic carbocycles. The van der Waals surface area contributed by atoms with Crippen LogP contribution in [-0.2, 0) is 4.79 Å². The molecule has 0 saturated heterocycles. The van der Waals surface area contributed by atoms with Crippen molar-refractivity contribution in [1.82, 2.24) is 15.0 Å². The maximum Gasteiger partial charge on any atom is 0.232 e. The molecule has 116 valence electrons. The number of anilines is 1. The molecule has 0 bridgehead atoms. The Morgan fingerprint density at radius 2 is 2.26 bits per heavy atom. The standard InChI is InChI=1S/C16H13FN4OS/c1-8-2-3-18-7-11(8)9-4-13-14(19-6-9)20-16(23-13)21-15(22)10-5-12(10)17/h2-4,6-7,10,12H,5H2,1H3,(H,19,20,21,22)/t10-,12+/m1/s1. The summed E-state index contributed by atoms with van der Waals surface area (Å²) in [6.07, 6.45) is 4.59. The lowest BCUT2D eigenvalue weighted by Crippen LogP contribution is -2.14. The van der Waals surface area contributed by atoms with Crippen molar-refractivity contribution in [2.75, 3.05) is 5.32 Å². The summed E-state index contributed by atoms with van der Waals surface area (Å²) in [6.45, 7) is 2.02. The Hall–Kier alpha value is -2.41. The zero-order valence-electron chi connectivity index (χ0n) is 12.3. The van der Waals surface area contributed by atoms with Crippen molar-refractivity contribution in [1.29, 1.82) is 0 Å². The van der Waals surface area contributed by atoms with Gasteiger partial charge in [-0.15, -0.1) is 0 Å². The summed E-state index contributed by atoms with van der Waals surface area (Å²) in [7, 11) is 0. The molecular formula is C16H13FN4OS. The maximum atomic E-state index is 12.9. The van der Waals surface area contributed by atoms with Crippen LogP contribution in [0.25, 0.3) is 21.5 Å². The Bertz CT molecular complexity index is 910. The molecule has 0 aliphatic heterocycles. The number of halogens is 1. The van der Waals surface area contributed by atoms with Crippen LogP contribution in [0.3, 0.4) is 0 Å². The fraction of sp³-hybridized carbons (Fsp3) is 0.250. The monoisotopic (exact) mass is 328 g/mol. The van der Waals surface area contributed by atoms with E-state index in [4.69, 9.17) is 0 Å². The van der Waals surface area contributed by atoms with Gasteiger partial charge in [0.2, 0.25) is 5.91 Å². The summed E-state index contributed by atoms with van der Waals surface area (Å²) in [5.41, 5.74) is 3.65. The second kappa shape index (κ2) is 5.34. The number of nitrogens with zero attached hydrogens (tertiary/aromatic N) is 3. The van der Waals surface area contributed by atoms with Crippen molar-refractivity contribution < 1.29 is 9.18 Å². The number of alkyl halides is 1. The van der Waals surface area contributed by atoms with Crippen molar-refractivity contribution in [3.63, 3.8) is 0 Å². The first-order valence-corrected chi connectivity index (χ1v) is 8.06. The number of aryl methyl sites for hydroxylation is 1. The predicted octanol–water partition coefficient (Wildman–Crippen LogP) is 3.36. The number of thiazole rings is 1. The van der Waals surface area contributed by atoms with Gasteiger partial charge in [-0.1, -0.05) is 11.3 Å². The van der Waals surface area contributed by atoms with E-state index in [-0.39, 0.29) is 5.91 Å². The number of hydrogen-bond donors (Lipinski definition) is 1. The van der Waals surface area contributed by atoms with Crippen LogP contribution in [0.2, 0.25) is 0 Å². The number of aromatic nitrogens is 3. The molecule has 1 amide bonds. The topological polar surface area (TPSA) is 67.8 Å². The molecule has 1 aliphatic rings. The van der Waals surface area contributed by atoms with Gasteiger partial charge in [-0.05, 0) is 31.0 Å². The second-order valence-corrected chi connectivity index (χ2v) is 6.63. The molecule has 0 radical (unpaired) electrons. The van der Waals surface area contributed by atoms with Crippen molar-refractivity contribution in [3.8, 4) is 11.1 Å². The largest absolute Gasteiger partial charge is 0.302 e. The summed E-state index contributed by atoms with van der Waals surface area (Å²) < 4.78 is 13.8. The Balaban J connectivity index is 1.64. The highest BCUT2D eigenvalue weighted by Gasteiger charge is 2.43. The van der Waals surface area contributed by atoms with E-state index in [9.17, 15) is 9.18 Å². The van der Waals surface area contributed by atoms with Crippen LogP contribution in [0.15, 0.2) is 30.7 Å². The lowest BCUT2D eigenvalue weighted by molar-refractivity contribution is -0.117. The Morgan fingerprint density at radius 3 is 3.00 bits per heavy atom. The molecule has 23 heavy (non-hydrogen) atoms. The van der Waals surface area contributed by atoms with Crippen LogP contribution in [0.1, 0.15) is 12.0 Å². The number of amides is 1. The molecule has 3 aromatic heterocycles. The smallest absolute Gasteiger partial charge is 0.232 e. The summed E-state index contributed by atoms with van der Waals surface area (Å²) in [5.74, 6) is -0.830. The summed E-state index contributed by atoms with van der Waals surface area (Å²) in [5, 5.41) is 3.13. The molecule has 0 spiro atoms. The van der Waals surface area contributed by atoms with Gasteiger partial charge in [-0.3, -0.25) is 9.78 Å². The van der Waals surface area contributed by atoms with Gasteiger partial charge in [-0.25, -0.2) is 9.37 Å². The van der Waals surface area contributed by atoms with Gasteiger partial charge in [0.1, 0.15) is 6.17 Å². The normalized spacial score (nSPS) is 19.7. The SMILES string of the molecule is Cc1ccncc1-c1cnc2nc(NC(=O)[C@@H]3C[C@@H]3F)sc2c1. The van der Waals surface area contributed by atoms with Gasteiger partial charge in [0.05, 0.1) is 10.6 Å². The number of pyridine rings is 2. The first kappa shape index (κ1) is 14.2. The molecule has 3 aromatic rings. The molecule has 1 saturated carbocycles. The van der Waals surface area contributed by atoms with Crippen LogP contribution in [-0.4, -0.2) is 27.0 Å². The van der Waals surface area contributed by atoms with Gasteiger partial charge in [0.25, 0.3) is 0 Å². The van der Waals surface area contributed by atoms with Crippen LogP contribution < -0.4 is 5.32 Å². The van der Waals surface area contributed by atoms with Gasteiger partial charge in [-0.2, -0.15) is 4.98 Å². The van der Waals surface area contributed by atoms with Crippen molar-refractivity contribution >= 4 is 32.7 Å². The number of rotatable bonds is 3.